The van der Waals surface area contributed by atoms with Crippen LogP contribution < -0.4 is 10.1 Å². The molecule has 116 valence electrons. The van der Waals surface area contributed by atoms with E-state index in [4.69, 9.17) is 4.74 Å². The minimum Gasteiger partial charge on any atom is -0.495 e. The molecule has 2 rings (SSSR count). The topological polar surface area (TPSA) is 38.3 Å². The summed E-state index contributed by atoms with van der Waals surface area (Å²) in [5.74, 6) is 1.02. The number of rotatable bonds is 3. The van der Waals surface area contributed by atoms with Crippen LogP contribution in [0.2, 0.25) is 0 Å². The Kier molecular flexibility index (Phi) is 4.92. The van der Waals surface area contributed by atoms with Crippen LogP contribution in [0, 0.1) is 5.92 Å². The maximum atomic E-state index is 12.4. The first-order valence-corrected chi connectivity index (χ1v) is 7.91. The largest absolute Gasteiger partial charge is 0.495 e. The molecule has 3 heteroatoms. The van der Waals surface area contributed by atoms with Gasteiger partial charge in [-0.1, -0.05) is 46.1 Å². The van der Waals surface area contributed by atoms with E-state index in [1.54, 1.807) is 7.11 Å². The highest BCUT2D eigenvalue weighted by molar-refractivity contribution is 5.94. The van der Waals surface area contributed by atoms with Gasteiger partial charge in [-0.15, -0.1) is 0 Å². The van der Waals surface area contributed by atoms with Gasteiger partial charge in [-0.3, -0.25) is 4.79 Å². The summed E-state index contributed by atoms with van der Waals surface area (Å²) < 4.78 is 5.39. The van der Waals surface area contributed by atoms with Crippen LogP contribution in [0.5, 0.6) is 5.75 Å². The number of methoxy groups -OCH3 is 1. The first-order chi connectivity index (χ1) is 9.91. The SMILES string of the molecule is COc1ccc(C(C)(C)C)cc1NC(=O)C1CCCCC1. The molecule has 0 aromatic heterocycles. The predicted molar refractivity (Wildman–Crippen MR) is 86.9 cm³/mol. The van der Waals surface area contributed by atoms with Crippen molar-refractivity contribution >= 4 is 11.6 Å². The van der Waals surface area contributed by atoms with Gasteiger partial charge in [0.1, 0.15) is 5.75 Å². The van der Waals surface area contributed by atoms with Crippen molar-refractivity contribution in [2.45, 2.75) is 58.3 Å². The molecule has 0 saturated heterocycles. The van der Waals surface area contributed by atoms with E-state index in [1.165, 1.54) is 12.0 Å². The molecule has 0 bridgehead atoms. The second kappa shape index (κ2) is 6.50. The molecule has 0 heterocycles. The summed E-state index contributed by atoms with van der Waals surface area (Å²) in [6, 6.07) is 6.05. The predicted octanol–water partition coefficient (Wildman–Crippen LogP) is 4.51. The highest BCUT2D eigenvalue weighted by Gasteiger charge is 2.23. The zero-order valence-electron chi connectivity index (χ0n) is 13.7. The van der Waals surface area contributed by atoms with Crippen molar-refractivity contribution in [3.05, 3.63) is 23.8 Å². The van der Waals surface area contributed by atoms with Gasteiger partial charge in [-0.2, -0.15) is 0 Å². The monoisotopic (exact) mass is 289 g/mol. The van der Waals surface area contributed by atoms with Gasteiger partial charge in [0.05, 0.1) is 12.8 Å². The van der Waals surface area contributed by atoms with Crippen molar-refractivity contribution in [3.8, 4) is 5.75 Å². The van der Waals surface area contributed by atoms with E-state index in [-0.39, 0.29) is 17.2 Å². The van der Waals surface area contributed by atoms with Crippen molar-refractivity contribution in [1.82, 2.24) is 0 Å². The summed E-state index contributed by atoms with van der Waals surface area (Å²) in [5.41, 5.74) is 2.04. The van der Waals surface area contributed by atoms with Crippen molar-refractivity contribution in [1.29, 1.82) is 0 Å². The fourth-order valence-electron chi connectivity index (χ4n) is 2.87. The highest BCUT2D eigenvalue weighted by atomic mass is 16.5. The smallest absolute Gasteiger partial charge is 0.227 e. The lowest BCUT2D eigenvalue weighted by atomic mass is 9.86. The van der Waals surface area contributed by atoms with Crippen molar-refractivity contribution in [3.63, 3.8) is 0 Å². The van der Waals surface area contributed by atoms with Gasteiger partial charge in [0.25, 0.3) is 0 Å². The summed E-state index contributed by atoms with van der Waals surface area (Å²) >= 11 is 0. The molecular formula is C18H27NO2. The van der Waals surface area contributed by atoms with Gasteiger partial charge < -0.3 is 10.1 Å². The fraction of sp³-hybridized carbons (Fsp3) is 0.611. The average molecular weight is 289 g/mol. The van der Waals surface area contributed by atoms with E-state index in [0.717, 1.165) is 37.1 Å². The third kappa shape index (κ3) is 3.99. The lowest BCUT2D eigenvalue weighted by Gasteiger charge is -2.23. The standard InChI is InChI=1S/C18H27NO2/c1-18(2,3)14-10-11-16(21-4)15(12-14)19-17(20)13-8-6-5-7-9-13/h10-13H,5-9H2,1-4H3,(H,19,20). The van der Waals surface area contributed by atoms with E-state index in [2.05, 4.69) is 32.2 Å². The number of hydrogen-bond donors (Lipinski definition) is 1. The summed E-state index contributed by atoms with van der Waals surface area (Å²) in [4.78, 5) is 12.4. The first-order valence-electron chi connectivity index (χ1n) is 7.91. The molecule has 0 unspecified atom stereocenters. The lowest BCUT2D eigenvalue weighted by Crippen LogP contribution is -2.25. The lowest BCUT2D eigenvalue weighted by molar-refractivity contribution is -0.120. The molecule has 1 N–H and O–H groups in total. The molecule has 0 atom stereocenters. The van der Waals surface area contributed by atoms with E-state index < -0.39 is 0 Å². The molecule has 1 fully saturated rings. The molecule has 0 radical (unpaired) electrons. The summed E-state index contributed by atoms with van der Waals surface area (Å²) in [7, 11) is 1.64. The van der Waals surface area contributed by atoms with Crippen LogP contribution in [0.3, 0.4) is 0 Å². The Labute approximate surface area is 128 Å². The van der Waals surface area contributed by atoms with Crippen LogP contribution in [0.4, 0.5) is 5.69 Å². The Balaban J connectivity index is 2.18. The molecule has 3 nitrogen and oxygen atoms in total. The van der Waals surface area contributed by atoms with Crippen molar-refractivity contribution < 1.29 is 9.53 Å². The minimum atomic E-state index is 0.0522. The Morgan fingerprint density at radius 3 is 2.43 bits per heavy atom. The number of ether oxygens (including phenoxy) is 1. The zero-order chi connectivity index (χ0) is 15.5. The second-order valence-electron chi connectivity index (χ2n) is 6.99. The Bertz CT molecular complexity index is 496. The van der Waals surface area contributed by atoms with Gasteiger partial charge in [0.2, 0.25) is 5.91 Å². The number of carbonyl (C=O) groups is 1. The van der Waals surface area contributed by atoms with Crippen LogP contribution in [-0.2, 0) is 10.2 Å². The van der Waals surface area contributed by atoms with E-state index in [0.29, 0.717) is 0 Å². The number of amides is 1. The van der Waals surface area contributed by atoms with E-state index >= 15 is 0 Å². The van der Waals surface area contributed by atoms with Gasteiger partial charge in [-0.05, 0) is 36.0 Å². The molecular weight excluding hydrogens is 262 g/mol. The molecule has 1 aromatic rings. The van der Waals surface area contributed by atoms with Gasteiger partial charge in [-0.25, -0.2) is 0 Å². The summed E-state index contributed by atoms with van der Waals surface area (Å²) in [6.07, 6.45) is 5.60. The van der Waals surface area contributed by atoms with Crippen molar-refractivity contribution in [2.75, 3.05) is 12.4 Å². The minimum absolute atomic E-state index is 0.0522. The van der Waals surface area contributed by atoms with Gasteiger partial charge in [0, 0.05) is 5.92 Å². The maximum Gasteiger partial charge on any atom is 0.227 e. The molecule has 0 aliphatic heterocycles. The molecule has 1 aliphatic rings. The van der Waals surface area contributed by atoms with E-state index in [9.17, 15) is 4.79 Å². The Morgan fingerprint density at radius 2 is 1.86 bits per heavy atom. The molecule has 1 aliphatic carbocycles. The fourth-order valence-corrected chi connectivity index (χ4v) is 2.87. The van der Waals surface area contributed by atoms with Crippen LogP contribution in [0.1, 0.15) is 58.4 Å². The molecule has 0 spiro atoms. The van der Waals surface area contributed by atoms with Gasteiger partial charge in [0.15, 0.2) is 0 Å². The summed E-state index contributed by atoms with van der Waals surface area (Å²) in [5, 5.41) is 3.08. The van der Waals surface area contributed by atoms with Crippen LogP contribution in [-0.4, -0.2) is 13.0 Å². The molecule has 21 heavy (non-hydrogen) atoms. The first kappa shape index (κ1) is 15.9. The van der Waals surface area contributed by atoms with Crippen LogP contribution in [0.25, 0.3) is 0 Å². The Hall–Kier alpha value is -1.51. The molecule has 1 saturated carbocycles. The number of benzene rings is 1. The maximum absolute atomic E-state index is 12.4. The number of anilines is 1. The molecule has 1 aromatic carbocycles. The third-order valence-electron chi connectivity index (χ3n) is 4.30. The third-order valence-corrected chi connectivity index (χ3v) is 4.30. The number of nitrogens with one attached hydrogen (secondary N) is 1. The van der Waals surface area contributed by atoms with Crippen LogP contribution in [0.15, 0.2) is 18.2 Å². The van der Waals surface area contributed by atoms with E-state index in [1.807, 2.05) is 12.1 Å². The number of hydrogen-bond acceptors (Lipinski definition) is 2. The quantitative estimate of drug-likeness (QED) is 0.889. The molecule has 1 amide bonds. The zero-order valence-corrected chi connectivity index (χ0v) is 13.7. The Morgan fingerprint density at radius 1 is 1.19 bits per heavy atom. The highest BCUT2D eigenvalue weighted by Crippen LogP contribution is 2.32. The van der Waals surface area contributed by atoms with Crippen LogP contribution >= 0.6 is 0 Å². The van der Waals surface area contributed by atoms with Crippen molar-refractivity contribution in [2.24, 2.45) is 5.92 Å². The summed E-state index contributed by atoms with van der Waals surface area (Å²) in [6.45, 7) is 6.50. The van der Waals surface area contributed by atoms with Gasteiger partial charge >= 0.3 is 0 Å². The average Bonchev–Trinajstić information content (AvgIpc) is 2.47. The second-order valence-corrected chi connectivity index (χ2v) is 6.99. The number of carbonyl (C=O) groups excluding carboxylic acids is 1. The normalized spacial score (nSPS) is 16.6.